The van der Waals surface area contributed by atoms with Crippen LogP contribution >= 0.6 is 11.3 Å². The van der Waals surface area contributed by atoms with Crippen LogP contribution in [0.3, 0.4) is 0 Å². The average Bonchev–Trinajstić information content (AvgIpc) is 3.23. The van der Waals surface area contributed by atoms with Crippen LogP contribution < -0.4 is 10.1 Å². The zero-order valence-corrected chi connectivity index (χ0v) is 23.4. The minimum atomic E-state index is -0.230. The molecule has 0 spiro atoms. The third kappa shape index (κ3) is 5.16. The van der Waals surface area contributed by atoms with Gasteiger partial charge in [0, 0.05) is 15.8 Å². The summed E-state index contributed by atoms with van der Waals surface area (Å²) in [6, 6.07) is 19.7. The second kappa shape index (κ2) is 10.2. The average molecular weight is 524 g/mol. The van der Waals surface area contributed by atoms with E-state index in [2.05, 4.69) is 32.2 Å². The number of nitriles is 1. The molecule has 1 atom stereocenters. The number of nitrogens with one attached hydrogen (secondary N) is 1. The van der Waals surface area contributed by atoms with Crippen LogP contribution in [0.4, 0.5) is 5.00 Å². The Hall–Kier alpha value is -3.69. The summed E-state index contributed by atoms with van der Waals surface area (Å²) >= 11 is 1.56. The Labute approximate surface area is 228 Å². The molecule has 0 fully saturated rings. The number of carbonyl (C=O) groups excluding carboxylic acids is 1. The van der Waals surface area contributed by atoms with E-state index in [9.17, 15) is 10.1 Å². The molecular weight excluding hydrogens is 490 g/mol. The summed E-state index contributed by atoms with van der Waals surface area (Å²) in [4.78, 5) is 19.8. The van der Waals surface area contributed by atoms with E-state index in [-0.39, 0.29) is 17.4 Å². The molecule has 2 heterocycles. The maximum absolute atomic E-state index is 13.7. The highest BCUT2D eigenvalue weighted by Crippen LogP contribution is 2.44. The number of rotatable bonds is 5. The Morgan fingerprint density at radius 2 is 1.89 bits per heavy atom. The van der Waals surface area contributed by atoms with Crippen molar-refractivity contribution in [2.75, 3.05) is 5.32 Å². The standard InChI is InChI=1S/C32H33N3O2S/c1-19(2)37-22-13-10-20(11-14-22)28-17-25(23-8-6-7-9-27(23)34-28)30(36)35-31-26(18-33)24-15-12-21(32(3,4)5)16-29(24)38-31/h6-11,13-14,17,19,21H,12,15-16H2,1-5H3,(H,35,36)/t21-/m0/s1. The van der Waals surface area contributed by atoms with Crippen molar-refractivity contribution < 1.29 is 9.53 Å². The molecular formula is C32H33N3O2S. The quantitative estimate of drug-likeness (QED) is 0.287. The van der Waals surface area contributed by atoms with Crippen LogP contribution in [0.25, 0.3) is 22.2 Å². The number of aromatic nitrogens is 1. The molecule has 4 aromatic rings. The smallest absolute Gasteiger partial charge is 0.257 e. The van der Waals surface area contributed by atoms with Crippen LogP contribution in [0.15, 0.2) is 54.6 Å². The van der Waals surface area contributed by atoms with Crippen molar-refractivity contribution in [3.63, 3.8) is 0 Å². The predicted molar refractivity (Wildman–Crippen MR) is 155 cm³/mol. The van der Waals surface area contributed by atoms with Crippen LogP contribution in [0, 0.1) is 22.7 Å². The third-order valence-electron chi connectivity index (χ3n) is 7.31. The number of fused-ring (bicyclic) bond motifs is 2. The van der Waals surface area contributed by atoms with Crippen LogP contribution in [0.2, 0.25) is 0 Å². The van der Waals surface area contributed by atoms with Gasteiger partial charge in [-0.1, -0.05) is 39.0 Å². The van der Waals surface area contributed by atoms with Crippen LogP contribution in [-0.4, -0.2) is 17.0 Å². The largest absolute Gasteiger partial charge is 0.491 e. The Kier molecular flexibility index (Phi) is 6.98. The summed E-state index contributed by atoms with van der Waals surface area (Å²) in [5, 5.41) is 14.5. The molecule has 1 N–H and O–H groups in total. The first-order chi connectivity index (χ1) is 18.1. The van der Waals surface area contributed by atoms with Crippen LogP contribution in [0.1, 0.15) is 67.4 Å². The highest BCUT2D eigenvalue weighted by molar-refractivity contribution is 7.16. The number of thiophene rings is 1. The van der Waals surface area contributed by atoms with E-state index in [1.807, 2.05) is 68.4 Å². The maximum atomic E-state index is 13.7. The zero-order valence-electron chi connectivity index (χ0n) is 22.6. The lowest BCUT2D eigenvalue weighted by molar-refractivity contribution is 0.102. The molecule has 0 radical (unpaired) electrons. The Morgan fingerprint density at radius 3 is 2.58 bits per heavy atom. The molecule has 1 aliphatic carbocycles. The molecule has 5 rings (SSSR count). The summed E-state index contributed by atoms with van der Waals surface area (Å²) < 4.78 is 5.78. The second-order valence-corrected chi connectivity index (χ2v) is 12.4. The molecule has 38 heavy (non-hydrogen) atoms. The van der Waals surface area contributed by atoms with E-state index in [1.165, 1.54) is 4.88 Å². The molecule has 0 aliphatic heterocycles. The fraction of sp³-hybridized carbons (Fsp3) is 0.344. The van der Waals surface area contributed by atoms with E-state index in [4.69, 9.17) is 9.72 Å². The van der Waals surface area contributed by atoms with Crippen molar-refractivity contribution in [3.05, 3.63) is 76.2 Å². The lowest BCUT2D eigenvalue weighted by Gasteiger charge is -2.33. The minimum Gasteiger partial charge on any atom is -0.491 e. The van der Waals surface area contributed by atoms with Gasteiger partial charge in [0.05, 0.1) is 28.4 Å². The summed E-state index contributed by atoms with van der Waals surface area (Å²) in [5.41, 5.74) is 4.83. The first kappa shape index (κ1) is 25.9. The highest BCUT2D eigenvalue weighted by atomic mass is 32.1. The van der Waals surface area contributed by atoms with Crippen molar-refractivity contribution in [1.29, 1.82) is 5.26 Å². The fourth-order valence-electron chi connectivity index (χ4n) is 5.19. The highest BCUT2D eigenvalue weighted by Gasteiger charge is 2.32. The lowest BCUT2D eigenvalue weighted by Crippen LogP contribution is -2.26. The molecule has 2 aromatic carbocycles. The Balaban J connectivity index is 1.49. The molecule has 0 unspecified atom stereocenters. The monoisotopic (exact) mass is 523 g/mol. The normalized spacial score (nSPS) is 15.2. The van der Waals surface area contributed by atoms with Crippen molar-refractivity contribution in [3.8, 4) is 23.1 Å². The van der Waals surface area contributed by atoms with E-state index in [0.717, 1.165) is 47.0 Å². The summed E-state index contributed by atoms with van der Waals surface area (Å²) in [5.74, 6) is 1.13. The van der Waals surface area contributed by atoms with Gasteiger partial charge in [-0.25, -0.2) is 4.98 Å². The number of hydrogen-bond donors (Lipinski definition) is 1. The van der Waals surface area contributed by atoms with Gasteiger partial charge >= 0.3 is 0 Å². The number of nitrogens with zero attached hydrogens (tertiary/aromatic N) is 2. The molecule has 194 valence electrons. The minimum absolute atomic E-state index is 0.0931. The van der Waals surface area contributed by atoms with Crippen molar-refractivity contribution in [2.24, 2.45) is 11.3 Å². The number of amides is 1. The predicted octanol–water partition coefficient (Wildman–Crippen LogP) is 8.03. The number of pyridine rings is 1. The molecule has 0 bridgehead atoms. The lowest BCUT2D eigenvalue weighted by atomic mass is 9.72. The number of benzene rings is 2. The van der Waals surface area contributed by atoms with Crippen LogP contribution in [-0.2, 0) is 12.8 Å². The number of para-hydroxylation sites is 1. The van der Waals surface area contributed by atoms with Crippen LogP contribution in [0.5, 0.6) is 5.75 Å². The van der Waals surface area contributed by atoms with Gasteiger partial charge in [-0.3, -0.25) is 4.79 Å². The van der Waals surface area contributed by atoms with Crippen molar-refractivity contribution >= 4 is 33.1 Å². The summed E-state index contributed by atoms with van der Waals surface area (Å²) in [6.45, 7) is 10.8. The van der Waals surface area contributed by atoms with Crippen molar-refractivity contribution in [2.45, 2.75) is 60.0 Å². The van der Waals surface area contributed by atoms with Gasteiger partial charge in [0.1, 0.15) is 16.8 Å². The molecule has 2 aromatic heterocycles. The molecule has 1 amide bonds. The van der Waals surface area contributed by atoms with Gasteiger partial charge in [-0.05, 0) is 86.4 Å². The van der Waals surface area contributed by atoms with Gasteiger partial charge in [0.2, 0.25) is 0 Å². The van der Waals surface area contributed by atoms with E-state index in [1.54, 1.807) is 11.3 Å². The number of ether oxygens (including phenoxy) is 1. The van der Waals surface area contributed by atoms with Gasteiger partial charge in [0.15, 0.2) is 0 Å². The fourth-order valence-corrected chi connectivity index (χ4v) is 6.46. The van der Waals surface area contributed by atoms with Gasteiger partial charge in [-0.2, -0.15) is 5.26 Å². The zero-order chi connectivity index (χ0) is 27.0. The van der Waals surface area contributed by atoms with Gasteiger partial charge < -0.3 is 10.1 Å². The second-order valence-electron chi connectivity index (χ2n) is 11.3. The number of anilines is 1. The number of carbonyl (C=O) groups is 1. The Bertz CT molecular complexity index is 1540. The maximum Gasteiger partial charge on any atom is 0.257 e. The SMILES string of the molecule is CC(C)Oc1ccc(-c2cc(C(=O)Nc3sc4c(c3C#N)CC[C@H](C(C)(C)C)C4)c3ccccc3n2)cc1. The van der Waals surface area contributed by atoms with E-state index >= 15 is 0 Å². The number of hydrogen-bond acceptors (Lipinski definition) is 5. The first-order valence-corrected chi connectivity index (χ1v) is 14.0. The molecule has 6 heteroatoms. The van der Waals surface area contributed by atoms with Gasteiger partial charge in [-0.15, -0.1) is 11.3 Å². The Morgan fingerprint density at radius 1 is 1.16 bits per heavy atom. The molecule has 0 saturated carbocycles. The topological polar surface area (TPSA) is 75.0 Å². The van der Waals surface area contributed by atoms with E-state index in [0.29, 0.717) is 27.7 Å². The molecule has 5 nitrogen and oxygen atoms in total. The first-order valence-electron chi connectivity index (χ1n) is 13.2. The summed E-state index contributed by atoms with van der Waals surface area (Å²) in [7, 11) is 0. The molecule has 0 saturated heterocycles. The van der Waals surface area contributed by atoms with Gasteiger partial charge in [0.25, 0.3) is 5.91 Å². The van der Waals surface area contributed by atoms with E-state index < -0.39 is 0 Å². The summed E-state index contributed by atoms with van der Waals surface area (Å²) in [6.07, 6.45) is 2.99. The third-order valence-corrected chi connectivity index (χ3v) is 8.48. The van der Waals surface area contributed by atoms with Crippen molar-refractivity contribution in [1.82, 2.24) is 4.98 Å². The molecule has 1 aliphatic rings.